The highest BCUT2D eigenvalue weighted by Gasteiger charge is 2.09. The third-order valence-corrected chi connectivity index (χ3v) is 4.62. The molecule has 0 saturated carbocycles. The lowest BCUT2D eigenvalue weighted by molar-refractivity contribution is 0.172. The van der Waals surface area contributed by atoms with Crippen molar-refractivity contribution in [2.24, 2.45) is 0 Å². The molecule has 0 aliphatic rings. The van der Waals surface area contributed by atoms with Crippen LogP contribution in [-0.4, -0.2) is 24.8 Å². The number of aliphatic hydroxyl groups is 1. The summed E-state index contributed by atoms with van der Waals surface area (Å²) in [6.07, 6.45) is -0.556. The molecule has 0 fully saturated rings. The van der Waals surface area contributed by atoms with E-state index in [9.17, 15) is 9.90 Å². The van der Waals surface area contributed by atoms with Gasteiger partial charge in [0.2, 0.25) is 5.43 Å². The SMILES string of the molecule is O=c1c2ccccc2oc2ccc(OCCNCC(O)c3ccccc3)cc12. The Labute approximate surface area is 162 Å². The van der Waals surface area contributed by atoms with E-state index >= 15 is 0 Å². The van der Waals surface area contributed by atoms with E-state index in [0.717, 1.165) is 5.56 Å². The molecule has 0 amide bonds. The summed E-state index contributed by atoms with van der Waals surface area (Å²) in [6.45, 7) is 1.45. The number of hydrogen-bond donors (Lipinski definition) is 2. The van der Waals surface area contributed by atoms with Crippen LogP contribution in [0.5, 0.6) is 5.75 Å². The van der Waals surface area contributed by atoms with Crippen molar-refractivity contribution in [3.63, 3.8) is 0 Å². The number of aliphatic hydroxyl groups excluding tert-OH is 1. The van der Waals surface area contributed by atoms with Crippen LogP contribution in [0.15, 0.2) is 82.0 Å². The Balaban J connectivity index is 1.37. The molecule has 4 rings (SSSR count). The fourth-order valence-corrected chi connectivity index (χ4v) is 3.14. The van der Waals surface area contributed by atoms with E-state index in [0.29, 0.717) is 47.4 Å². The summed E-state index contributed by atoms with van der Waals surface area (Å²) >= 11 is 0. The first-order valence-electron chi connectivity index (χ1n) is 9.24. The molecular weight excluding hydrogens is 354 g/mol. The van der Waals surface area contributed by atoms with Gasteiger partial charge in [-0.05, 0) is 35.9 Å². The summed E-state index contributed by atoms with van der Waals surface area (Å²) in [5.74, 6) is 0.612. The third-order valence-electron chi connectivity index (χ3n) is 4.62. The molecule has 0 saturated heterocycles. The van der Waals surface area contributed by atoms with Crippen LogP contribution in [0.1, 0.15) is 11.7 Å². The number of hydrogen-bond acceptors (Lipinski definition) is 5. The molecule has 0 spiro atoms. The lowest BCUT2D eigenvalue weighted by Gasteiger charge is -2.12. The zero-order chi connectivity index (χ0) is 19.3. The molecule has 0 aliphatic carbocycles. The van der Waals surface area contributed by atoms with Crippen molar-refractivity contribution in [3.8, 4) is 5.75 Å². The second-order valence-electron chi connectivity index (χ2n) is 6.56. The molecule has 1 heterocycles. The first-order chi connectivity index (χ1) is 13.7. The van der Waals surface area contributed by atoms with Crippen molar-refractivity contribution in [2.45, 2.75) is 6.10 Å². The zero-order valence-electron chi connectivity index (χ0n) is 15.3. The largest absolute Gasteiger partial charge is 0.492 e. The van der Waals surface area contributed by atoms with Crippen LogP contribution in [0, 0.1) is 0 Å². The molecule has 1 aromatic heterocycles. The molecule has 5 nitrogen and oxygen atoms in total. The second-order valence-corrected chi connectivity index (χ2v) is 6.56. The highest BCUT2D eigenvalue weighted by molar-refractivity contribution is 5.90. The van der Waals surface area contributed by atoms with Crippen LogP contribution in [-0.2, 0) is 0 Å². The lowest BCUT2D eigenvalue weighted by Crippen LogP contribution is -2.26. The Hall–Kier alpha value is -3.15. The van der Waals surface area contributed by atoms with Gasteiger partial charge in [-0.15, -0.1) is 0 Å². The Morgan fingerprint density at radius 3 is 2.54 bits per heavy atom. The molecule has 5 heteroatoms. The zero-order valence-corrected chi connectivity index (χ0v) is 15.3. The van der Waals surface area contributed by atoms with Crippen molar-refractivity contribution in [3.05, 3.63) is 88.6 Å². The number of fused-ring (bicyclic) bond motifs is 2. The van der Waals surface area contributed by atoms with Gasteiger partial charge >= 0.3 is 0 Å². The third kappa shape index (κ3) is 3.91. The van der Waals surface area contributed by atoms with Crippen LogP contribution in [0.4, 0.5) is 0 Å². The predicted molar refractivity (Wildman–Crippen MR) is 110 cm³/mol. The number of rotatable bonds is 7. The van der Waals surface area contributed by atoms with Crippen molar-refractivity contribution in [1.29, 1.82) is 0 Å². The van der Waals surface area contributed by atoms with Gasteiger partial charge in [0.15, 0.2) is 0 Å². The summed E-state index contributed by atoms with van der Waals surface area (Å²) in [6, 6.07) is 22.0. The molecule has 0 aliphatic heterocycles. The van der Waals surface area contributed by atoms with Crippen molar-refractivity contribution in [2.75, 3.05) is 19.7 Å². The fraction of sp³-hybridized carbons (Fsp3) is 0.174. The molecule has 1 unspecified atom stereocenters. The summed E-state index contributed by atoms with van der Waals surface area (Å²) in [4.78, 5) is 12.7. The first kappa shape index (κ1) is 18.2. The van der Waals surface area contributed by atoms with Gasteiger partial charge in [0.1, 0.15) is 23.5 Å². The van der Waals surface area contributed by atoms with E-state index in [-0.39, 0.29) is 5.43 Å². The van der Waals surface area contributed by atoms with Crippen LogP contribution >= 0.6 is 0 Å². The van der Waals surface area contributed by atoms with E-state index < -0.39 is 6.10 Å². The van der Waals surface area contributed by atoms with Crippen molar-refractivity contribution < 1.29 is 14.3 Å². The monoisotopic (exact) mass is 375 g/mol. The van der Waals surface area contributed by atoms with Crippen molar-refractivity contribution >= 4 is 21.9 Å². The average molecular weight is 375 g/mol. The van der Waals surface area contributed by atoms with E-state index in [1.807, 2.05) is 42.5 Å². The van der Waals surface area contributed by atoms with Crippen LogP contribution in [0.25, 0.3) is 21.9 Å². The summed E-state index contributed by atoms with van der Waals surface area (Å²) < 4.78 is 11.5. The van der Waals surface area contributed by atoms with E-state index in [1.54, 1.807) is 30.3 Å². The maximum Gasteiger partial charge on any atom is 0.200 e. The Bertz CT molecular complexity index is 1140. The Kier molecular flexibility index (Phi) is 5.37. The molecule has 0 radical (unpaired) electrons. The average Bonchev–Trinajstić information content (AvgIpc) is 2.74. The van der Waals surface area contributed by atoms with Gasteiger partial charge < -0.3 is 19.6 Å². The molecule has 28 heavy (non-hydrogen) atoms. The Morgan fingerprint density at radius 1 is 0.929 bits per heavy atom. The molecule has 1 atom stereocenters. The normalized spacial score (nSPS) is 12.3. The maximum absolute atomic E-state index is 12.7. The number of para-hydroxylation sites is 1. The van der Waals surface area contributed by atoms with Crippen LogP contribution in [0.3, 0.4) is 0 Å². The van der Waals surface area contributed by atoms with Gasteiger partial charge in [-0.25, -0.2) is 0 Å². The van der Waals surface area contributed by atoms with E-state index in [1.165, 1.54) is 0 Å². The summed E-state index contributed by atoms with van der Waals surface area (Å²) in [5, 5.41) is 14.4. The van der Waals surface area contributed by atoms with Gasteiger partial charge in [0.05, 0.1) is 16.9 Å². The van der Waals surface area contributed by atoms with Crippen LogP contribution < -0.4 is 15.5 Å². The molecule has 142 valence electrons. The minimum absolute atomic E-state index is 0.0635. The minimum atomic E-state index is -0.556. The number of ether oxygens (including phenoxy) is 1. The highest BCUT2D eigenvalue weighted by atomic mass is 16.5. The molecule has 2 N–H and O–H groups in total. The van der Waals surface area contributed by atoms with Gasteiger partial charge in [-0.1, -0.05) is 42.5 Å². The van der Waals surface area contributed by atoms with E-state index in [2.05, 4.69) is 5.32 Å². The molecular formula is C23H21NO4. The predicted octanol–water partition coefficient (Wildman–Crippen LogP) is 3.65. The van der Waals surface area contributed by atoms with E-state index in [4.69, 9.17) is 9.15 Å². The minimum Gasteiger partial charge on any atom is -0.492 e. The summed E-state index contributed by atoms with van der Waals surface area (Å²) in [7, 11) is 0. The maximum atomic E-state index is 12.7. The lowest BCUT2D eigenvalue weighted by atomic mass is 10.1. The number of benzene rings is 3. The second kappa shape index (κ2) is 8.25. The molecule has 4 aromatic rings. The smallest absolute Gasteiger partial charge is 0.200 e. The topological polar surface area (TPSA) is 71.7 Å². The van der Waals surface area contributed by atoms with Crippen molar-refractivity contribution in [1.82, 2.24) is 5.32 Å². The first-order valence-corrected chi connectivity index (χ1v) is 9.24. The Morgan fingerprint density at radius 2 is 1.68 bits per heavy atom. The summed E-state index contributed by atoms with van der Waals surface area (Å²) in [5.41, 5.74) is 1.94. The highest BCUT2D eigenvalue weighted by Crippen LogP contribution is 2.22. The molecule has 3 aromatic carbocycles. The van der Waals surface area contributed by atoms with Gasteiger partial charge in [-0.3, -0.25) is 4.79 Å². The molecule has 0 bridgehead atoms. The number of nitrogens with one attached hydrogen (secondary N) is 1. The van der Waals surface area contributed by atoms with Gasteiger partial charge in [0, 0.05) is 13.1 Å². The quantitative estimate of drug-likeness (QED) is 0.381. The van der Waals surface area contributed by atoms with Gasteiger partial charge in [0.25, 0.3) is 0 Å². The standard InChI is InChI=1S/C23H21NO4/c25-20(16-6-2-1-3-7-16)15-24-12-13-27-17-10-11-22-19(14-17)23(26)18-8-4-5-9-21(18)28-22/h1-11,14,20,24-25H,12-13,15H2. The van der Waals surface area contributed by atoms with Gasteiger partial charge in [-0.2, -0.15) is 0 Å². The van der Waals surface area contributed by atoms with Crippen LogP contribution in [0.2, 0.25) is 0 Å². The fourth-order valence-electron chi connectivity index (χ4n) is 3.14.